The highest BCUT2D eigenvalue weighted by molar-refractivity contribution is 5.82. The summed E-state index contributed by atoms with van der Waals surface area (Å²) in [5.41, 5.74) is 0.673. The van der Waals surface area contributed by atoms with Crippen molar-refractivity contribution in [2.75, 3.05) is 0 Å². The van der Waals surface area contributed by atoms with E-state index in [4.69, 9.17) is 0 Å². The maximum atomic E-state index is 11.9. The highest BCUT2D eigenvalue weighted by Gasteiger charge is 2.25. The molecule has 1 aliphatic rings. The highest BCUT2D eigenvalue weighted by atomic mass is 16.4. The third-order valence-corrected chi connectivity index (χ3v) is 4.05. The van der Waals surface area contributed by atoms with Gasteiger partial charge >= 0.3 is 12.0 Å². The van der Waals surface area contributed by atoms with E-state index in [9.17, 15) is 14.7 Å². The number of aromatic amines is 1. The van der Waals surface area contributed by atoms with E-state index in [2.05, 4.69) is 20.6 Å². The number of carboxylic acids is 1. The topological polar surface area (TPSA) is 107 Å². The maximum Gasteiger partial charge on any atom is 0.326 e. The van der Waals surface area contributed by atoms with Gasteiger partial charge in [0.05, 0.1) is 6.33 Å². The largest absolute Gasteiger partial charge is 0.480 e. The summed E-state index contributed by atoms with van der Waals surface area (Å²) in [6, 6.07) is -1.34. The van der Waals surface area contributed by atoms with Crippen LogP contribution in [-0.4, -0.2) is 39.2 Å². The van der Waals surface area contributed by atoms with Gasteiger partial charge in [0, 0.05) is 24.4 Å². The van der Waals surface area contributed by atoms with Crippen molar-refractivity contribution in [3.63, 3.8) is 0 Å². The molecule has 0 bridgehead atoms. The lowest BCUT2D eigenvalue weighted by molar-refractivity contribution is -0.139. The zero-order chi connectivity index (χ0) is 15.2. The molecule has 7 heteroatoms. The number of imidazole rings is 1. The molecule has 1 aromatic rings. The molecule has 2 amide bonds. The lowest BCUT2D eigenvalue weighted by Crippen LogP contribution is -2.50. The second-order valence-electron chi connectivity index (χ2n) is 5.62. The molecule has 0 saturated heterocycles. The fraction of sp³-hybridized carbons (Fsp3) is 0.643. The molecule has 2 rings (SSSR count). The molecule has 1 saturated carbocycles. The lowest BCUT2D eigenvalue weighted by atomic mass is 10.0. The summed E-state index contributed by atoms with van der Waals surface area (Å²) in [5.74, 6) is -0.570. The van der Waals surface area contributed by atoms with Crippen molar-refractivity contribution in [1.82, 2.24) is 20.6 Å². The number of hydrogen-bond donors (Lipinski definition) is 4. The Balaban J connectivity index is 1.84. The van der Waals surface area contributed by atoms with Gasteiger partial charge in [0.25, 0.3) is 0 Å². The third-order valence-electron chi connectivity index (χ3n) is 4.05. The number of hydrogen-bond acceptors (Lipinski definition) is 3. The van der Waals surface area contributed by atoms with E-state index in [0.29, 0.717) is 11.6 Å². The molecular formula is C14H22N4O3. The fourth-order valence-corrected chi connectivity index (χ4v) is 2.80. The molecule has 0 spiro atoms. The van der Waals surface area contributed by atoms with E-state index in [1.54, 1.807) is 6.20 Å². The van der Waals surface area contributed by atoms with Crippen LogP contribution >= 0.6 is 0 Å². The van der Waals surface area contributed by atoms with E-state index in [1.165, 1.54) is 19.2 Å². The minimum absolute atomic E-state index is 0.0640. The van der Waals surface area contributed by atoms with Gasteiger partial charge in [0.1, 0.15) is 6.04 Å². The highest BCUT2D eigenvalue weighted by Crippen LogP contribution is 2.27. The Morgan fingerprint density at radius 3 is 2.71 bits per heavy atom. The molecule has 1 fully saturated rings. The van der Waals surface area contributed by atoms with Gasteiger partial charge in [-0.15, -0.1) is 0 Å². The van der Waals surface area contributed by atoms with E-state index < -0.39 is 18.0 Å². The number of aromatic nitrogens is 2. The molecule has 1 aromatic heterocycles. The predicted octanol–water partition coefficient (Wildman–Crippen LogP) is 1.28. The normalized spacial score (nSPS) is 18.1. The van der Waals surface area contributed by atoms with Crippen molar-refractivity contribution in [3.8, 4) is 0 Å². The molecular weight excluding hydrogens is 272 g/mol. The Labute approximate surface area is 123 Å². The smallest absolute Gasteiger partial charge is 0.326 e. The first kappa shape index (κ1) is 15.3. The minimum Gasteiger partial charge on any atom is -0.480 e. The number of urea groups is 1. The molecule has 1 aliphatic carbocycles. The van der Waals surface area contributed by atoms with Crippen LogP contribution in [0.5, 0.6) is 0 Å². The number of amides is 2. The van der Waals surface area contributed by atoms with Gasteiger partial charge in [-0.3, -0.25) is 0 Å². The van der Waals surface area contributed by atoms with Gasteiger partial charge in [-0.05, 0) is 25.7 Å². The monoisotopic (exact) mass is 294 g/mol. The summed E-state index contributed by atoms with van der Waals surface area (Å²) in [7, 11) is 0. The van der Waals surface area contributed by atoms with Gasteiger partial charge in [0.2, 0.25) is 0 Å². The van der Waals surface area contributed by atoms with Crippen LogP contribution in [0.1, 0.15) is 38.3 Å². The predicted molar refractivity (Wildman–Crippen MR) is 76.8 cm³/mol. The average Bonchev–Trinajstić information content (AvgIpc) is 3.10. The summed E-state index contributed by atoms with van der Waals surface area (Å²) >= 11 is 0. The van der Waals surface area contributed by atoms with E-state index >= 15 is 0 Å². The van der Waals surface area contributed by atoms with Crippen molar-refractivity contribution in [1.29, 1.82) is 0 Å². The summed E-state index contributed by atoms with van der Waals surface area (Å²) < 4.78 is 0. The number of nitrogens with zero attached hydrogens (tertiary/aromatic N) is 1. The van der Waals surface area contributed by atoms with E-state index in [0.717, 1.165) is 12.8 Å². The lowest BCUT2D eigenvalue weighted by Gasteiger charge is -2.22. The summed E-state index contributed by atoms with van der Waals surface area (Å²) in [6.45, 7) is 1.97. The van der Waals surface area contributed by atoms with Crippen LogP contribution in [0, 0.1) is 5.92 Å². The van der Waals surface area contributed by atoms with Crippen LogP contribution in [0.25, 0.3) is 0 Å². The standard InChI is InChI=1S/C14H22N4O3/c1-9(10-4-2-3-5-10)17-14(21)18-12(13(19)20)6-11-7-15-8-16-11/h7-10,12H,2-6H2,1H3,(H,15,16)(H,19,20)(H2,17,18,21). The molecule has 21 heavy (non-hydrogen) atoms. The number of carboxylic acid groups (broad SMARTS) is 1. The fourth-order valence-electron chi connectivity index (χ4n) is 2.80. The van der Waals surface area contributed by atoms with Crippen molar-refractivity contribution >= 4 is 12.0 Å². The Hall–Kier alpha value is -2.05. The van der Waals surface area contributed by atoms with E-state index in [-0.39, 0.29) is 12.5 Å². The van der Waals surface area contributed by atoms with Crippen LogP contribution in [0.4, 0.5) is 4.79 Å². The maximum absolute atomic E-state index is 11.9. The van der Waals surface area contributed by atoms with Crippen LogP contribution in [-0.2, 0) is 11.2 Å². The van der Waals surface area contributed by atoms with Crippen molar-refractivity contribution in [2.45, 2.75) is 51.1 Å². The number of H-pyrrole nitrogens is 1. The molecule has 0 aliphatic heterocycles. The van der Waals surface area contributed by atoms with Crippen LogP contribution in [0.15, 0.2) is 12.5 Å². The van der Waals surface area contributed by atoms with Gasteiger partial charge in [-0.1, -0.05) is 12.8 Å². The SMILES string of the molecule is CC(NC(=O)NC(Cc1cnc[nH]1)C(=O)O)C1CCCC1. The molecule has 116 valence electrons. The molecule has 0 radical (unpaired) electrons. The first-order valence-corrected chi connectivity index (χ1v) is 7.33. The van der Waals surface area contributed by atoms with Gasteiger partial charge in [-0.25, -0.2) is 14.6 Å². The Morgan fingerprint density at radius 2 is 2.14 bits per heavy atom. The van der Waals surface area contributed by atoms with Gasteiger partial charge in [-0.2, -0.15) is 0 Å². The van der Waals surface area contributed by atoms with Crippen LogP contribution in [0.3, 0.4) is 0 Å². The summed E-state index contributed by atoms with van der Waals surface area (Å²) in [4.78, 5) is 29.8. The number of carbonyl (C=O) groups is 2. The Bertz CT molecular complexity index is 469. The minimum atomic E-state index is -1.06. The second-order valence-corrected chi connectivity index (χ2v) is 5.62. The van der Waals surface area contributed by atoms with Crippen molar-refractivity contribution in [3.05, 3.63) is 18.2 Å². The second kappa shape index (κ2) is 7.10. The molecule has 2 atom stereocenters. The summed E-state index contributed by atoms with van der Waals surface area (Å²) in [5, 5.41) is 14.5. The first-order chi connectivity index (χ1) is 10.1. The molecule has 2 unspecified atom stereocenters. The third kappa shape index (κ3) is 4.47. The Kier molecular flexibility index (Phi) is 5.19. The quantitative estimate of drug-likeness (QED) is 0.634. The van der Waals surface area contributed by atoms with Gasteiger partial charge in [0.15, 0.2) is 0 Å². The number of nitrogens with one attached hydrogen (secondary N) is 3. The van der Waals surface area contributed by atoms with Crippen LogP contribution in [0.2, 0.25) is 0 Å². The zero-order valence-corrected chi connectivity index (χ0v) is 12.1. The number of rotatable bonds is 6. The first-order valence-electron chi connectivity index (χ1n) is 7.33. The van der Waals surface area contributed by atoms with Crippen molar-refractivity contribution in [2.24, 2.45) is 5.92 Å². The van der Waals surface area contributed by atoms with Crippen molar-refractivity contribution < 1.29 is 14.7 Å². The van der Waals surface area contributed by atoms with Crippen LogP contribution < -0.4 is 10.6 Å². The number of carbonyl (C=O) groups excluding carboxylic acids is 1. The Morgan fingerprint density at radius 1 is 1.43 bits per heavy atom. The molecule has 4 N–H and O–H groups in total. The van der Waals surface area contributed by atoms with Gasteiger partial charge < -0.3 is 20.7 Å². The zero-order valence-electron chi connectivity index (χ0n) is 12.1. The number of aliphatic carboxylic acids is 1. The average molecular weight is 294 g/mol. The molecule has 1 heterocycles. The van der Waals surface area contributed by atoms with E-state index in [1.807, 2.05) is 6.92 Å². The molecule has 7 nitrogen and oxygen atoms in total. The molecule has 0 aromatic carbocycles. The summed E-state index contributed by atoms with van der Waals surface area (Å²) in [6.07, 6.45) is 7.87.